The molecule has 1 aromatic rings. The minimum atomic E-state index is -0.958. The number of carbonyl (C=O) groups is 1. The maximum atomic E-state index is 10.8. The Hall–Kier alpha value is -1.77. The van der Waals surface area contributed by atoms with E-state index in [1.54, 1.807) is 12.1 Å². The van der Waals surface area contributed by atoms with Gasteiger partial charge in [-0.05, 0) is 24.6 Å². The molecule has 0 saturated carbocycles. The Kier molecular flexibility index (Phi) is 6.79. The van der Waals surface area contributed by atoms with Crippen molar-refractivity contribution in [1.82, 2.24) is 0 Å². The molecule has 100 valence electrons. The van der Waals surface area contributed by atoms with Crippen molar-refractivity contribution in [2.24, 2.45) is 5.92 Å². The molecule has 18 heavy (non-hydrogen) atoms. The van der Waals surface area contributed by atoms with Gasteiger partial charge in [0.15, 0.2) is 0 Å². The first-order valence-corrected chi connectivity index (χ1v) is 6.12. The fourth-order valence-corrected chi connectivity index (χ4v) is 1.10. The maximum absolute atomic E-state index is 10.8. The zero-order valence-electron chi connectivity index (χ0n) is 11.8. The largest absolute Gasteiger partial charge is 0.478 e. The summed E-state index contributed by atoms with van der Waals surface area (Å²) in [6, 6.07) is 4.81. The van der Waals surface area contributed by atoms with Crippen molar-refractivity contribution in [3.8, 4) is 5.75 Å². The van der Waals surface area contributed by atoms with Crippen LogP contribution < -0.4 is 4.74 Å². The molecule has 0 atom stereocenters. The third-order valence-corrected chi connectivity index (χ3v) is 2.32. The van der Waals surface area contributed by atoms with Crippen LogP contribution >= 0.6 is 0 Å². The highest BCUT2D eigenvalue weighted by molar-refractivity contribution is 5.88. The number of hydrogen-bond donors (Lipinski definition) is 1. The molecule has 0 saturated heterocycles. The summed E-state index contributed by atoms with van der Waals surface area (Å²) in [4.78, 5) is 10.8. The number of ether oxygens (including phenoxy) is 1. The summed E-state index contributed by atoms with van der Waals surface area (Å²) in [7, 11) is 0. The van der Waals surface area contributed by atoms with Crippen LogP contribution in [0.5, 0.6) is 5.75 Å². The van der Waals surface area contributed by atoms with E-state index in [-0.39, 0.29) is 11.5 Å². The highest BCUT2D eigenvalue weighted by Crippen LogP contribution is 2.23. The van der Waals surface area contributed by atoms with Crippen LogP contribution in [0, 0.1) is 12.8 Å². The van der Waals surface area contributed by atoms with Crippen LogP contribution in [-0.4, -0.2) is 11.1 Å². The molecule has 0 aliphatic carbocycles. The van der Waals surface area contributed by atoms with Crippen molar-refractivity contribution < 1.29 is 14.6 Å². The molecule has 3 heteroatoms. The molecule has 0 unspecified atom stereocenters. The second-order valence-corrected chi connectivity index (χ2v) is 4.01. The van der Waals surface area contributed by atoms with Crippen LogP contribution in [0.25, 0.3) is 0 Å². The fourth-order valence-electron chi connectivity index (χ4n) is 1.10. The molecule has 0 aliphatic rings. The summed E-state index contributed by atoms with van der Waals surface area (Å²) >= 11 is 0. The zero-order valence-corrected chi connectivity index (χ0v) is 11.8. The molecular weight excluding hydrogens is 228 g/mol. The average molecular weight is 250 g/mol. The van der Waals surface area contributed by atoms with E-state index < -0.39 is 5.97 Å². The smallest absolute Gasteiger partial charge is 0.335 e. The molecule has 0 radical (unpaired) electrons. The summed E-state index contributed by atoms with van der Waals surface area (Å²) in [5, 5.41) is 8.87. The molecule has 0 amide bonds. The van der Waals surface area contributed by atoms with Gasteiger partial charge in [0.2, 0.25) is 0 Å². The first-order valence-electron chi connectivity index (χ1n) is 6.12. The van der Waals surface area contributed by atoms with Gasteiger partial charge in [0.1, 0.15) is 5.75 Å². The number of allylic oxidation sites excluding steroid dienone is 1. The third-order valence-electron chi connectivity index (χ3n) is 2.32. The van der Waals surface area contributed by atoms with E-state index in [2.05, 4.69) is 6.58 Å². The molecule has 0 fully saturated rings. The van der Waals surface area contributed by atoms with Crippen LogP contribution in [0.2, 0.25) is 0 Å². The lowest BCUT2D eigenvalue weighted by molar-refractivity contribution is 0.0696. The average Bonchev–Trinajstić information content (AvgIpc) is 2.34. The highest BCUT2D eigenvalue weighted by atomic mass is 16.5. The summed E-state index contributed by atoms with van der Waals surface area (Å²) in [6.45, 7) is 13.6. The van der Waals surface area contributed by atoms with Crippen molar-refractivity contribution >= 4 is 5.97 Å². The molecule has 1 N–H and O–H groups in total. The molecule has 0 heterocycles. The van der Waals surface area contributed by atoms with E-state index in [0.29, 0.717) is 11.5 Å². The monoisotopic (exact) mass is 250 g/mol. The lowest BCUT2D eigenvalue weighted by Gasteiger charge is -2.14. The lowest BCUT2D eigenvalue weighted by Crippen LogP contribution is -2.04. The predicted octanol–water partition coefficient (Wildman–Crippen LogP) is 4.27. The van der Waals surface area contributed by atoms with Gasteiger partial charge >= 0.3 is 5.97 Å². The van der Waals surface area contributed by atoms with E-state index in [9.17, 15) is 4.79 Å². The van der Waals surface area contributed by atoms with Crippen molar-refractivity contribution in [3.05, 3.63) is 41.7 Å². The molecule has 0 aliphatic heterocycles. The zero-order chi connectivity index (χ0) is 14.3. The minimum Gasteiger partial charge on any atom is -0.478 e. The van der Waals surface area contributed by atoms with Crippen molar-refractivity contribution in [2.45, 2.75) is 34.6 Å². The molecule has 1 aromatic carbocycles. The number of aromatic carboxylic acids is 1. The summed E-state index contributed by atoms with van der Waals surface area (Å²) < 4.78 is 5.54. The Labute approximate surface area is 109 Å². The Morgan fingerprint density at radius 1 is 1.33 bits per heavy atom. The van der Waals surface area contributed by atoms with Crippen LogP contribution in [-0.2, 0) is 0 Å². The summed E-state index contributed by atoms with van der Waals surface area (Å²) in [6.07, 6.45) is 0. The van der Waals surface area contributed by atoms with E-state index >= 15 is 0 Å². The van der Waals surface area contributed by atoms with Crippen molar-refractivity contribution in [2.75, 3.05) is 0 Å². The first-order chi connectivity index (χ1) is 8.41. The number of rotatable bonds is 4. The van der Waals surface area contributed by atoms with Crippen LogP contribution in [0.1, 0.15) is 43.6 Å². The Bertz CT molecular complexity index is 420. The van der Waals surface area contributed by atoms with Crippen molar-refractivity contribution in [1.29, 1.82) is 0 Å². The SMILES string of the molecule is C=C(Oc1cc(C(=O)O)ccc1C)C(C)C.CC. The molecule has 1 rings (SSSR count). The predicted molar refractivity (Wildman–Crippen MR) is 74.1 cm³/mol. The second-order valence-electron chi connectivity index (χ2n) is 4.01. The fraction of sp³-hybridized carbons (Fsp3) is 0.400. The quantitative estimate of drug-likeness (QED) is 0.812. The minimum absolute atomic E-state index is 0.202. The topological polar surface area (TPSA) is 46.5 Å². The molecule has 3 nitrogen and oxygen atoms in total. The molecule has 0 aromatic heterocycles. The Balaban J connectivity index is 0.00000137. The van der Waals surface area contributed by atoms with E-state index in [4.69, 9.17) is 9.84 Å². The summed E-state index contributed by atoms with van der Waals surface area (Å²) in [5.74, 6) is 0.428. The molecule has 0 spiro atoms. The first kappa shape index (κ1) is 16.2. The molecular formula is C15H22O3. The van der Waals surface area contributed by atoms with Gasteiger partial charge in [-0.3, -0.25) is 0 Å². The van der Waals surface area contributed by atoms with Gasteiger partial charge in [-0.1, -0.05) is 40.3 Å². The van der Waals surface area contributed by atoms with Gasteiger partial charge in [0.25, 0.3) is 0 Å². The lowest BCUT2D eigenvalue weighted by atomic mass is 10.1. The van der Waals surface area contributed by atoms with Crippen LogP contribution in [0.15, 0.2) is 30.5 Å². The number of aryl methyl sites for hydroxylation is 1. The maximum Gasteiger partial charge on any atom is 0.335 e. The normalized spacial score (nSPS) is 9.44. The van der Waals surface area contributed by atoms with E-state index in [1.165, 1.54) is 6.07 Å². The van der Waals surface area contributed by atoms with Gasteiger partial charge < -0.3 is 9.84 Å². The highest BCUT2D eigenvalue weighted by Gasteiger charge is 2.09. The van der Waals surface area contributed by atoms with Crippen molar-refractivity contribution in [3.63, 3.8) is 0 Å². The number of carboxylic acids is 1. The van der Waals surface area contributed by atoms with E-state index in [1.807, 2.05) is 34.6 Å². The number of benzene rings is 1. The second kappa shape index (κ2) is 7.54. The summed E-state index contributed by atoms with van der Waals surface area (Å²) in [5.41, 5.74) is 1.11. The standard InChI is InChI=1S/C13H16O3.C2H6/c1-8(2)10(4)16-12-7-11(13(14)15)6-5-9(12)3;1-2/h5-8H,4H2,1-3H3,(H,14,15);1-2H3. The number of hydrogen-bond acceptors (Lipinski definition) is 2. The Morgan fingerprint density at radius 2 is 1.89 bits per heavy atom. The van der Waals surface area contributed by atoms with Gasteiger partial charge in [-0.2, -0.15) is 0 Å². The van der Waals surface area contributed by atoms with Gasteiger partial charge in [0, 0.05) is 5.92 Å². The Morgan fingerprint density at radius 3 is 2.33 bits per heavy atom. The van der Waals surface area contributed by atoms with Gasteiger partial charge in [0.05, 0.1) is 11.3 Å². The van der Waals surface area contributed by atoms with Gasteiger partial charge in [-0.15, -0.1) is 0 Å². The van der Waals surface area contributed by atoms with Gasteiger partial charge in [-0.25, -0.2) is 4.79 Å². The van der Waals surface area contributed by atoms with Crippen LogP contribution in [0.3, 0.4) is 0 Å². The number of carboxylic acid groups (broad SMARTS) is 1. The third kappa shape index (κ3) is 4.62. The van der Waals surface area contributed by atoms with E-state index in [0.717, 1.165) is 5.56 Å². The van der Waals surface area contributed by atoms with Crippen LogP contribution in [0.4, 0.5) is 0 Å². The molecule has 0 bridgehead atoms.